The molecule has 106 valence electrons. The van der Waals surface area contributed by atoms with Crippen LogP contribution in [0.4, 0.5) is 0 Å². The third kappa shape index (κ3) is 5.36. The summed E-state index contributed by atoms with van der Waals surface area (Å²) < 4.78 is 4.86. The summed E-state index contributed by atoms with van der Waals surface area (Å²) in [7, 11) is 1.46. The van der Waals surface area contributed by atoms with Crippen LogP contribution in [0.3, 0.4) is 0 Å². The van der Waals surface area contributed by atoms with Crippen molar-refractivity contribution in [2.24, 2.45) is 5.92 Å². The first-order chi connectivity index (χ1) is 8.58. The summed E-state index contributed by atoms with van der Waals surface area (Å²) in [5, 5.41) is 3.22. The fraction of sp³-hybridized carbons (Fsp3) is 0.929. The Kier molecular flexibility index (Phi) is 6.65. The fourth-order valence-electron chi connectivity index (χ4n) is 2.13. The second kappa shape index (κ2) is 7.74. The molecule has 0 bridgehead atoms. The molecule has 1 unspecified atom stereocenters. The van der Waals surface area contributed by atoms with Crippen LogP contribution in [0.15, 0.2) is 0 Å². The Morgan fingerprint density at radius 1 is 1.44 bits per heavy atom. The molecule has 4 nitrogen and oxygen atoms in total. The first-order valence-electron chi connectivity index (χ1n) is 7.13. The van der Waals surface area contributed by atoms with E-state index >= 15 is 0 Å². The third-order valence-corrected chi connectivity index (χ3v) is 3.41. The van der Waals surface area contributed by atoms with Crippen molar-refractivity contribution in [3.63, 3.8) is 0 Å². The van der Waals surface area contributed by atoms with Gasteiger partial charge in [0.25, 0.3) is 0 Å². The molecule has 1 rings (SSSR count). The molecular formula is C14H28N2O2. The van der Waals surface area contributed by atoms with E-state index in [1.165, 1.54) is 26.4 Å². The number of esters is 1. The number of hydrogen-bond acceptors (Lipinski definition) is 4. The van der Waals surface area contributed by atoms with E-state index in [1.807, 2.05) is 6.92 Å². The van der Waals surface area contributed by atoms with Gasteiger partial charge in [0.1, 0.15) is 6.04 Å². The molecule has 1 saturated carbocycles. The van der Waals surface area contributed by atoms with Gasteiger partial charge in [-0.05, 0) is 38.3 Å². The summed E-state index contributed by atoms with van der Waals surface area (Å²) in [6.07, 6.45) is 3.74. The number of methoxy groups -OCH3 is 1. The molecule has 0 radical (unpaired) electrons. The van der Waals surface area contributed by atoms with Crippen molar-refractivity contribution < 1.29 is 9.53 Å². The summed E-state index contributed by atoms with van der Waals surface area (Å²) in [6, 6.07) is 0.502. The van der Waals surface area contributed by atoms with Crippen LogP contribution in [0.1, 0.15) is 40.0 Å². The largest absolute Gasteiger partial charge is 0.468 e. The predicted molar refractivity (Wildman–Crippen MR) is 73.5 cm³/mol. The van der Waals surface area contributed by atoms with E-state index in [4.69, 9.17) is 4.74 Å². The van der Waals surface area contributed by atoms with Gasteiger partial charge in [-0.1, -0.05) is 20.8 Å². The van der Waals surface area contributed by atoms with Gasteiger partial charge in [-0.2, -0.15) is 0 Å². The minimum absolute atomic E-state index is 0.146. The molecule has 0 aromatic carbocycles. The van der Waals surface area contributed by atoms with E-state index < -0.39 is 0 Å². The van der Waals surface area contributed by atoms with Gasteiger partial charge in [-0.25, -0.2) is 0 Å². The Bertz CT molecular complexity index is 252. The number of nitrogens with one attached hydrogen (secondary N) is 1. The molecule has 4 heteroatoms. The monoisotopic (exact) mass is 256 g/mol. The summed E-state index contributed by atoms with van der Waals surface area (Å²) in [5.74, 6) is 0.564. The lowest BCUT2D eigenvalue weighted by Gasteiger charge is -2.27. The summed E-state index contributed by atoms with van der Waals surface area (Å²) in [4.78, 5) is 14.2. The molecule has 1 fully saturated rings. The number of likely N-dealkylation sites (N-methyl/N-ethyl adjacent to an activating group) is 1. The Morgan fingerprint density at radius 3 is 2.56 bits per heavy atom. The third-order valence-electron chi connectivity index (χ3n) is 3.41. The van der Waals surface area contributed by atoms with Gasteiger partial charge in [-0.15, -0.1) is 0 Å². The normalized spacial score (nSPS) is 17.2. The molecule has 1 atom stereocenters. The van der Waals surface area contributed by atoms with Crippen LogP contribution in [0.25, 0.3) is 0 Å². The van der Waals surface area contributed by atoms with Gasteiger partial charge in [0.2, 0.25) is 0 Å². The highest BCUT2D eigenvalue weighted by atomic mass is 16.5. The fourth-order valence-corrected chi connectivity index (χ4v) is 2.13. The molecule has 0 saturated heterocycles. The lowest BCUT2D eigenvalue weighted by Crippen LogP contribution is -2.47. The molecule has 0 spiro atoms. The van der Waals surface area contributed by atoms with Crippen LogP contribution >= 0.6 is 0 Å². The van der Waals surface area contributed by atoms with Gasteiger partial charge in [0.05, 0.1) is 7.11 Å². The number of rotatable bonds is 9. The molecule has 1 aliphatic rings. The zero-order valence-corrected chi connectivity index (χ0v) is 12.2. The number of hydrogen-bond donors (Lipinski definition) is 1. The second-order valence-electron chi connectivity index (χ2n) is 5.54. The molecule has 0 heterocycles. The van der Waals surface area contributed by atoms with Crippen molar-refractivity contribution in [1.82, 2.24) is 10.2 Å². The van der Waals surface area contributed by atoms with Crippen LogP contribution in [-0.4, -0.2) is 49.7 Å². The molecule has 0 aromatic rings. The number of nitrogens with zero attached hydrogens (tertiary/aromatic N) is 1. The van der Waals surface area contributed by atoms with Gasteiger partial charge in [-0.3, -0.25) is 9.69 Å². The molecule has 1 N–H and O–H groups in total. The highest BCUT2D eigenvalue weighted by molar-refractivity contribution is 5.75. The van der Waals surface area contributed by atoms with Crippen molar-refractivity contribution in [3.05, 3.63) is 0 Å². The number of ether oxygens (including phenoxy) is 1. The van der Waals surface area contributed by atoms with E-state index in [2.05, 4.69) is 24.1 Å². The van der Waals surface area contributed by atoms with E-state index in [0.29, 0.717) is 12.0 Å². The molecule has 18 heavy (non-hydrogen) atoms. The average molecular weight is 256 g/mol. The van der Waals surface area contributed by atoms with Crippen molar-refractivity contribution in [1.29, 1.82) is 0 Å². The number of carbonyl (C=O) groups is 1. The quantitative estimate of drug-likeness (QED) is 0.637. The average Bonchev–Trinajstić information content (AvgIpc) is 3.16. The molecule has 0 aromatic heterocycles. The zero-order chi connectivity index (χ0) is 13.5. The van der Waals surface area contributed by atoms with Crippen LogP contribution in [0.2, 0.25) is 0 Å². The highest BCUT2D eigenvalue weighted by Crippen LogP contribution is 2.27. The van der Waals surface area contributed by atoms with Crippen LogP contribution in [-0.2, 0) is 9.53 Å². The molecule has 0 amide bonds. The minimum Gasteiger partial charge on any atom is -0.468 e. The van der Waals surface area contributed by atoms with E-state index in [1.54, 1.807) is 0 Å². The Balaban J connectivity index is 2.48. The predicted octanol–water partition coefficient (Wildman–Crippen LogP) is 1.65. The summed E-state index contributed by atoms with van der Waals surface area (Å²) in [5.41, 5.74) is 0. The maximum Gasteiger partial charge on any atom is 0.324 e. The van der Waals surface area contributed by atoms with E-state index in [-0.39, 0.29) is 12.0 Å². The lowest BCUT2D eigenvalue weighted by molar-refractivity contribution is -0.143. The van der Waals surface area contributed by atoms with Crippen molar-refractivity contribution >= 4 is 5.97 Å². The minimum atomic E-state index is -0.187. The zero-order valence-electron chi connectivity index (χ0n) is 12.2. The van der Waals surface area contributed by atoms with E-state index in [0.717, 1.165) is 19.6 Å². The van der Waals surface area contributed by atoms with E-state index in [9.17, 15) is 4.79 Å². The first-order valence-corrected chi connectivity index (χ1v) is 7.13. The van der Waals surface area contributed by atoms with Crippen LogP contribution in [0.5, 0.6) is 0 Å². The van der Waals surface area contributed by atoms with Gasteiger partial charge in [0.15, 0.2) is 0 Å². The highest BCUT2D eigenvalue weighted by Gasteiger charge is 2.32. The summed E-state index contributed by atoms with van der Waals surface area (Å²) >= 11 is 0. The van der Waals surface area contributed by atoms with Crippen LogP contribution in [0, 0.1) is 5.92 Å². The maximum absolute atomic E-state index is 11.7. The standard InChI is InChI=1S/C14H28N2O2/c1-5-15-13(14(17)18-4)10-16(12-6-7-12)9-8-11(2)3/h11-13,15H,5-10H2,1-4H3. The SMILES string of the molecule is CCNC(CN(CCC(C)C)C1CC1)C(=O)OC. The molecular weight excluding hydrogens is 228 g/mol. The maximum atomic E-state index is 11.7. The van der Waals surface area contributed by atoms with Gasteiger partial charge in [0, 0.05) is 12.6 Å². The molecule has 0 aliphatic heterocycles. The van der Waals surface area contributed by atoms with Gasteiger partial charge >= 0.3 is 5.97 Å². The topological polar surface area (TPSA) is 41.6 Å². The van der Waals surface area contributed by atoms with Crippen molar-refractivity contribution in [2.45, 2.75) is 52.1 Å². The molecule has 1 aliphatic carbocycles. The van der Waals surface area contributed by atoms with Crippen molar-refractivity contribution in [3.8, 4) is 0 Å². The Morgan fingerprint density at radius 2 is 2.11 bits per heavy atom. The summed E-state index contributed by atoms with van der Waals surface area (Å²) in [6.45, 7) is 9.16. The number of carbonyl (C=O) groups excluding carboxylic acids is 1. The lowest BCUT2D eigenvalue weighted by atomic mass is 10.1. The Labute approximate surface area is 111 Å². The smallest absolute Gasteiger partial charge is 0.324 e. The Hall–Kier alpha value is -0.610. The first kappa shape index (κ1) is 15.4. The van der Waals surface area contributed by atoms with Crippen molar-refractivity contribution in [2.75, 3.05) is 26.7 Å². The van der Waals surface area contributed by atoms with Crippen LogP contribution < -0.4 is 5.32 Å². The van der Waals surface area contributed by atoms with Gasteiger partial charge < -0.3 is 10.1 Å². The second-order valence-corrected chi connectivity index (χ2v) is 5.54.